The number of nitrogens with one attached hydrogen (secondary N) is 1. The molecule has 2 heterocycles. The van der Waals surface area contributed by atoms with Crippen molar-refractivity contribution in [1.29, 1.82) is 0 Å². The summed E-state index contributed by atoms with van der Waals surface area (Å²) in [5, 5.41) is 3.61. The molecule has 3 heteroatoms. The first-order chi connectivity index (χ1) is 7.12. The monoisotopic (exact) mass is 212 g/mol. The molecule has 2 rings (SSSR count). The summed E-state index contributed by atoms with van der Waals surface area (Å²) in [5.74, 6) is 0.721. The van der Waals surface area contributed by atoms with Crippen molar-refractivity contribution in [1.82, 2.24) is 10.2 Å². The fourth-order valence-electron chi connectivity index (χ4n) is 2.62. The van der Waals surface area contributed by atoms with Gasteiger partial charge in [-0.1, -0.05) is 13.8 Å². The highest BCUT2D eigenvalue weighted by atomic mass is 16.5. The number of hydrogen-bond donors (Lipinski definition) is 1. The van der Waals surface area contributed by atoms with Gasteiger partial charge in [0.25, 0.3) is 0 Å². The third-order valence-electron chi connectivity index (χ3n) is 3.97. The first-order valence-corrected chi connectivity index (χ1v) is 6.18. The van der Waals surface area contributed by atoms with E-state index in [-0.39, 0.29) is 0 Å². The third kappa shape index (κ3) is 2.35. The number of nitrogens with zero attached hydrogens (tertiary/aromatic N) is 1. The molecular formula is C12H24N2O. The smallest absolute Gasteiger partial charge is 0.0648 e. The molecule has 2 fully saturated rings. The average molecular weight is 212 g/mol. The molecule has 0 bridgehead atoms. The Kier molecular flexibility index (Phi) is 3.33. The summed E-state index contributed by atoms with van der Waals surface area (Å²) in [6, 6.07) is 0.649. The Balaban J connectivity index is 1.97. The van der Waals surface area contributed by atoms with Crippen molar-refractivity contribution in [2.75, 3.05) is 32.8 Å². The van der Waals surface area contributed by atoms with E-state index >= 15 is 0 Å². The summed E-state index contributed by atoms with van der Waals surface area (Å²) in [6.45, 7) is 12.3. The first-order valence-electron chi connectivity index (χ1n) is 6.18. The van der Waals surface area contributed by atoms with Crippen LogP contribution in [0.5, 0.6) is 0 Å². The summed E-state index contributed by atoms with van der Waals surface area (Å²) in [5.41, 5.74) is 0.301. The highest BCUT2D eigenvalue weighted by Crippen LogP contribution is 2.27. The average Bonchev–Trinajstić information content (AvgIpc) is 2.67. The van der Waals surface area contributed by atoms with Crippen molar-refractivity contribution >= 4 is 0 Å². The van der Waals surface area contributed by atoms with E-state index in [0.29, 0.717) is 11.6 Å². The zero-order chi connectivity index (χ0) is 10.9. The number of rotatable bonds is 2. The largest absolute Gasteiger partial charge is 0.379 e. The van der Waals surface area contributed by atoms with Crippen LogP contribution in [0.2, 0.25) is 0 Å². The Morgan fingerprint density at radius 1 is 1.47 bits per heavy atom. The van der Waals surface area contributed by atoms with Crippen molar-refractivity contribution in [2.24, 2.45) is 5.92 Å². The Morgan fingerprint density at radius 2 is 2.27 bits per heavy atom. The van der Waals surface area contributed by atoms with Crippen LogP contribution < -0.4 is 5.32 Å². The SMILES string of the molecule is CC(C)C1CN(C2(C)CCOC2)CCN1. The fourth-order valence-corrected chi connectivity index (χ4v) is 2.62. The summed E-state index contributed by atoms with van der Waals surface area (Å²) in [6.07, 6.45) is 1.19. The molecule has 2 atom stereocenters. The van der Waals surface area contributed by atoms with Crippen LogP contribution in [0.25, 0.3) is 0 Å². The van der Waals surface area contributed by atoms with Gasteiger partial charge in [0.15, 0.2) is 0 Å². The molecule has 0 aromatic heterocycles. The zero-order valence-electron chi connectivity index (χ0n) is 10.3. The van der Waals surface area contributed by atoms with Gasteiger partial charge in [-0.05, 0) is 19.3 Å². The van der Waals surface area contributed by atoms with Gasteiger partial charge in [-0.2, -0.15) is 0 Å². The maximum Gasteiger partial charge on any atom is 0.0648 e. The molecule has 2 unspecified atom stereocenters. The number of piperazine rings is 1. The van der Waals surface area contributed by atoms with Crippen molar-refractivity contribution in [3.05, 3.63) is 0 Å². The van der Waals surface area contributed by atoms with Crippen LogP contribution >= 0.6 is 0 Å². The van der Waals surface area contributed by atoms with Crippen LogP contribution in [0.1, 0.15) is 27.2 Å². The minimum absolute atomic E-state index is 0.301. The summed E-state index contributed by atoms with van der Waals surface area (Å²) in [4.78, 5) is 2.63. The van der Waals surface area contributed by atoms with Crippen molar-refractivity contribution < 1.29 is 4.74 Å². The van der Waals surface area contributed by atoms with Gasteiger partial charge in [-0.15, -0.1) is 0 Å². The normalized spacial score (nSPS) is 38.8. The summed E-state index contributed by atoms with van der Waals surface area (Å²) >= 11 is 0. The van der Waals surface area contributed by atoms with E-state index in [9.17, 15) is 0 Å². The van der Waals surface area contributed by atoms with Gasteiger partial charge in [-0.3, -0.25) is 4.90 Å². The number of ether oxygens (including phenoxy) is 1. The second kappa shape index (κ2) is 4.40. The van der Waals surface area contributed by atoms with E-state index in [0.717, 1.165) is 25.7 Å². The van der Waals surface area contributed by atoms with E-state index in [2.05, 4.69) is 31.0 Å². The second-order valence-corrected chi connectivity index (χ2v) is 5.55. The van der Waals surface area contributed by atoms with Crippen LogP contribution in [-0.4, -0.2) is 49.3 Å². The molecule has 2 saturated heterocycles. The molecule has 0 saturated carbocycles. The molecule has 88 valence electrons. The lowest BCUT2D eigenvalue weighted by Crippen LogP contribution is -2.60. The molecule has 15 heavy (non-hydrogen) atoms. The maximum absolute atomic E-state index is 5.55. The van der Waals surface area contributed by atoms with Crippen LogP contribution in [0.15, 0.2) is 0 Å². The van der Waals surface area contributed by atoms with Crippen LogP contribution in [0, 0.1) is 5.92 Å². The zero-order valence-corrected chi connectivity index (χ0v) is 10.3. The van der Waals surface area contributed by atoms with Gasteiger partial charge in [0.1, 0.15) is 0 Å². The lowest BCUT2D eigenvalue weighted by atomic mass is 9.94. The second-order valence-electron chi connectivity index (χ2n) is 5.55. The van der Waals surface area contributed by atoms with E-state index in [1.165, 1.54) is 19.5 Å². The van der Waals surface area contributed by atoms with Gasteiger partial charge in [0.05, 0.1) is 6.61 Å². The lowest BCUT2D eigenvalue weighted by Gasteiger charge is -2.44. The van der Waals surface area contributed by atoms with E-state index in [1.807, 2.05) is 0 Å². The molecule has 0 aromatic carbocycles. The molecule has 2 aliphatic rings. The van der Waals surface area contributed by atoms with Gasteiger partial charge < -0.3 is 10.1 Å². The Bertz CT molecular complexity index is 212. The molecule has 0 amide bonds. The lowest BCUT2D eigenvalue weighted by molar-refractivity contribution is 0.0469. The van der Waals surface area contributed by atoms with Crippen molar-refractivity contribution in [2.45, 2.75) is 38.8 Å². The van der Waals surface area contributed by atoms with Crippen LogP contribution in [0.4, 0.5) is 0 Å². The molecule has 0 aliphatic carbocycles. The summed E-state index contributed by atoms with van der Waals surface area (Å²) in [7, 11) is 0. The molecule has 0 spiro atoms. The molecular weight excluding hydrogens is 188 g/mol. The van der Waals surface area contributed by atoms with Gasteiger partial charge >= 0.3 is 0 Å². The third-order valence-corrected chi connectivity index (χ3v) is 3.97. The van der Waals surface area contributed by atoms with Crippen molar-refractivity contribution in [3.63, 3.8) is 0 Å². The van der Waals surface area contributed by atoms with Crippen molar-refractivity contribution in [3.8, 4) is 0 Å². The van der Waals surface area contributed by atoms with Crippen LogP contribution in [0.3, 0.4) is 0 Å². The highest BCUT2D eigenvalue weighted by Gasteiger charge is 2.38. The Morgan fingerprint density at radius 3 is 2.87 bits per heavy atom. The van der Waals surface area contributed by atoms with Gasteiger partial charge in [0.2, 0.25) is 0 Å². The fraction of sp³-hybridized carbons (Fsp3) is 1.00. The number of hydrogen-bond acceptors (Lipinski definition) is 3. The minimum Gasteiger partial charge on any atom is -0.379 e. The highest BCUT2D eigenvalue weighted by molar-refractivity contribution is 4.94. The Labute approximate surface area is 93.2 Å². The quantitative estimate of drug-likeness (QED) is 0.742. The minimum atomic E-state index is 0.301. The van der Waals surface area contributed by atoms with Gasteiger partial charge in [0, 0.05) is 37.8 Å². The molecule has 0 aromatic rings. The molecule has 0 radical (unpaired) electrons. The van der Waals surface area contributed by atoms with Crippen LogP contribution in [-0.2, 0) is 4.74 Å². The standard InChI is InChI=1S/C12H24N2O/c1-10(2)11-8-14(6-5-13-11)12(3)4-7-15-9-12/h10-11,13H,4-9H2,1-3H3. The van der Waals surface area contributed by atoms with E-state index in [4.69, 9.17) is 4.74 Å². The topological polar surface area (TPSA) is 24.5 Å². The predicted molar refractivity (Wildman–Crippen MR) is 62.0 cm³/mol. The van der Waals surface area contributed by atoms with Gasteiger partial charge in [-0.25, -0.2) is 0 Å². The molecule has 3 nitrogen and oxygen atoms in total. The maximum atomic E-state index is 5.55. The predicted octanol–water partition coefficient (Wildman–Crippen LogP) is 1.10. The van der Waals surface area contributed by atoms with E-state index < -0.39 is 0 Å². The molecule has 1 N–H and O–H groups in total. The van der Waals surface area contributed by atoms with E-state index in [1.54, 1.807) is 0 Å². The first kappa shape index (κ1) is 11.4. The molecule has 2 aliphatic heterocycles. The Hall–Kier alpha value is -0.120. The summed E-state index contributed by atoms with van der Waals surface area (Å²) < 4.78 is 5.55.